The Morgan fingerprint density at radius 2 is 1.80 bits per heavy atom. The van der Waals surface area contributed by atoms with Gasteiger partial charge in [0.15, 0.2) is 0 Å². The molecule has 2 aromatic carbocycles. The van der Waals surface area contributed by atoms with Crippen LogP contribution in [0.2, 0.25) is 10.2 Å². The molecule has 0 saturated carbocycles. The average Bonchev–Trinajstić information content (AvgIpc) is 3.19. The van der Waals surface area contributed by atoms with Crippen LogP contribution in [0.5, 0.6) is 5.75 Å². The van der Waals surface area contributed by atoms with Gasteiger partial charge in [-0.3, -0.25) is 4.79 Å². The van der Waals surface area contributed by atoms with Gasteiger partial charge in [0.2, 0.25) is 0 Å². The Balaban J connectivity index is 1.52. The second-order valence-electron chi connectivity index (χ2n) is 8.10. The van der Waals surface area contributed by atoms with Gasteiger partial charge in [0.1, 0.15) is 21.5 Å². The van der Waals surface area contributed by atoms with Crippen molar-refractivity contribution in [3.05, 3.63) is 87.3 Å². The van der Waals surface area contributed by atoms with Crippen LogP contribution in [0.3, 0.4) is 0 Å². The van der Waals surface area contributed by atoms with E-state index < -0.39 is 15.9 Å². The summed E-state index contributed by atoms with van der Waals surface area (Å²) in [6, 6.07) is 13.8. The summed E-state index contributed by atoms with van der Waals surface area (Å²) >= 11 is 12.0. The molecule has 2 heterocycles. The summed E-state index contributed by atoms with van der Waals surface area (Å²) in [5.41, 5.74) is 3.52. The maximum Gasteiger partial charge on any atom is 0.281 e. The second-order valence-corrected chi connectivity index (χ2v) is 10.5. The number of pyridine rings is 1. The second kappa shape index (κ2) is 10.3. The number of para-hydroxylation sites is 1. The number of carbonyl (C=O) groups excluding carboxylic acids is 1. The zero-order valence-corrected chi connectivity index (χ0v) is 21.4. The molecule has 2 N–H and O–H groups in total. The fourth-order valence-electron chi connectivity index (χ4n) is 3.84. The number of H-pyrrole nitrogens is 1. The number of aromatic amines is 1. The molecule has 0 unspecified atom stereocenters. The molecule has 0 aliphatic heterocycles. The van der Waals surface area contributed by atoms with E-state index in [1.807, 2.05) is 50.2 Å². The number of ether oxygens (including phenoxy) is 1. The van der Waals surface area contributed by atoms with E-state index in [-0.39, 0.29) is 15.7 Å². The number of aromatic nitrogens is 2. The number of halogens is 2. The molecule has 35 heavy (non-hydrogen) atoms. The first kappa shape index (κ1) is 25.0. The number of benzene rings is 2. The molecule has 0 aliphatic rings. The molecule has 4 rings (SSSR count). The monoisotopic (exact) mass is 531 g/mol. The van der Waals surface area contributed by atoms with E-state index in [1.165, 1.54) is 12.1 Å². The van der Waals surface area contributed by atoms with E-state index in [2.05, 4.69) is 14.7 Å². The number of sulfonamides is 1. The first-order valence-corrected chi connectivity index (χ1v) is 13.1. The maximum absolute atomic E-state index is 13.0. The van der Waals surface area contributed by atoms with Crippen molar-refractivity contribution in [1.29, 1.82) is 0 Å². The van der Waals surface area contributed by atoms with Crippen LogP contribution in [0.4, 0.5) is 0 Å². The lowest BCUT2D eigenvalue weighted by Gasteiger charge is -2.11. The van der Waals surface area contributed by atoms with Gasteiger partial charge in [0.05, 0.1) is 6.61 Å². The van der Waals surface area contributed by atoms with Gasteiger partial charge in [-0.15, -0.1) is 0 Å². The van der Waals surface area contributed by atoms with E-state index >= 15 is 0 Å². The third-order valence-electron chi connectivity index (χ3n) is 5.53. The molecule has 0 fully saturated rings. The summed E-state index contributed by atoms with van der Waals surface area (Å²) in [6.45, 7) is 4.26. The van der Waals surface area contributed by atoms with Crippen LogP contribution in [0.1, 0.15) is 33.6 Å². The Morgan fingerprint density at radius 1 is 1.09 bits per heavy atom. The average molecular weight is 532 g/mol. The van der Waals surface area contributed by atoms with Crippen LogP contribution in [-0.4, -0.2) is 30.9 Å². The van der Waals surface area contributed by atoms with Gasteiger partial charge in [0.25, 0.3) is 15.9 Å². The standard InChI is InChI=1S/C25H23Cl2N3O4S/c1-15-12-17(13-16(2)23(15)27)34-11-5-7-20-19-6-3-4-8-21(19)29-24(20)25(31)30-35(32,33)18-9-10-22(26)28-14-18/h3-4,6,8-10,12-14,29H,5,7,11H2,1-2H3,(H,30,31). The van der Waals surface area contributed by atoms with Crippen molar-refractivity contribution in [1.82, 2.24) is 14.7 Å². The summed E-state index contributed by atoms with van der Waals surface area (Å²) in [7, 11) is -4.13. The number of carbonyl (C=O) groups is 1. The third-order valence-corrected chi connectivity index (χ3v) is 7.66. The molecule has 0 bridgehead atoms. The van der Waals surface area contributed by atoms with E-state index in [0.717, 1.165) is 44.6 Å². The van der Waals surface area contributed by atoms with Crippen LogP contribution in [0, 0.1) is 13.8 Å². The predicted molar refractivity (Wildman–Crippen MR) is 137 cm³/mol. The fraction of sp³-hybridized carbons (Fsp3) is 0.200. The number of aryl methyl sites for hydroxylation is 3. The van der Waals surface area contributed by atoms with Crippen LogP contribution >= 0.6 is 23.2 Å². The van der Waals surface area contributed by atoms with Crippen LogP contribution in [-0.2, 0) is 16.4 Å². The number of hydrogen-bond acceptors (Lipinski definition) is 5. The Hall–Kier alpha value is -3.07. The first-order chi connectivity index (χ1) is 16.7. The van der Waals surface area contributed by atoms with E-state index in [0.29, 0.717) is 19.4 Å². The zero-order chi connectivity index (χ0) is 25.2. The summed E-state index contributed by atoms with van der Waals surface area (Å²) in [4.78, 5) is 19.7. The number of nitrogens with one attached hydrogen (secondary N) is 2. The molecule has 0 radical (unpaired) electrons. The number of fused-ring (bicyclic) bond motifs is 1. The van der Waals surface area contributed by atoms with Crippen LogP contribution in [0.15, 0.2) is 59.6 Å². The number of nitrogens with zero attached hydrogens (tertiary/aromatic N) is 1. The summed E-state index contributed by atoms with van der Waals surface area (Å²) in [5, 5.41) is 1.72. The predicted octanol–water partition coefficient (Wildman–Crippen LogP) is 5.62. The largest absolute Gasteiger partial charge is 0.494 e. The Morgan fingerprint density at radius 3 is 2.49 bits per heavy atom. The highest BCUT2D eigenvalue weighted by Gasteiger charge is 2.23. The zero-order valence-electron chi connectivity index (χ0n) is 19.1. The minimum Gasteiger partial charge on any atom is -0.494 e. The number of rotatable bonds is 8. The number of amides is 1. The van der Waals surface area contributed by atoms with Gasteiger partial charge in [0, 0.05) is 22.1 Å². The van der Waals surface area contributed by atoms with Gasteiger partial charge >= 0.3 is 0 Å². The van der Waals surface area contributed by atoms with Crippen LogP contribution < -0.4 is 9.46 Å². The highest BCUT2D eigenvalue weighted by Crippen LogP contribution is 2.27. The fourth-order valence-corrected chi connectivity index (χ4v) is 4.96. The molecule has 10 heteroatoms. The van der Waals surface area contributed by atoms with Crippen molar-refractivity contribution in [2.24, 2.45) is 0 Å². The molecule has 0 aliphatic carbocycles. The molecule has 0 atom stereocenters. The molecule has 1 amide bonds. The lowest BCUT2D eigenvalue weighted by molar-refractivity contribution is 0.0976. The smallest absolute Gasteiger partial charge is 0.281 e. The maximum atomic E-state index is 13.0. The molecular weight excluding hydrogens is 509 g/mol. The van der Waals surface area contributed by atoms with Crippen molar-refractivity contribution >= 4 is 50.0 Å². The highest BCUT2D eigenvalue weighted by molar-refractivity contribution is 7.90. The minimum absolute atomic E-state index is 0.152. The van der Waals surface area contributed by atoms with E-state index in [4.69, 9.17) is 27.9 Å². The molecule has 0 saturated heterocycles. The van der Waals surface area contributed by atoms with Gasteiger partial charge in [-0.05, 0) is 73.7 Å². The van der Waals surface area contributed by atoms with Crippen molar-refractivity contribution in [2.75, 3.05) is 6.61 Å². The lowest BCUT2D eigenvalue weighted by atomic mass is 10.1. The van der Waals surface area contributed by atoms with Gasteiger partial charge in [-0.1, -0.05) is 41.4 Å². The van der Waals surface area contributed by atoms with Gasteiger partial charge < -0.3 is 9.72 Å². The lowest BCUT2D eigenvalue weighted by Crippen LogP contribution is -2.31. The summed E-state index contributed by atoms with van der Waals surface area (Å²) in [5.74, 6) is -0.0278. The van der Waals surface area contributed by atoms with Gasteiger partial charge in [-0.2, -0.15) is 0 Å². The molecular formula is C25H23Cl2N3O4S. The Kier molecular flexibility index (Phi) is 7.35. The topological polar surface area (TPSA) is 101 Å². The molecule has 7 nitrogen and oxygen atoms in total. The van der Waals surface area contributed by atoms with Gasteiger partial charge in [-0.25, -0.2) is 18.1 Å². The van der Waals surface area contributed by atoms with E-state index in [9.17, 15) is 13.2 Å². The highest BCUT2D eigenvalue weighted by atomic mass is 35.5. The number of hydrogen-bond donors (Lipinski definition) is 2. The molecule has 182 valence electrons. The van der Waals surface area contributed by atoms with Crippen molar-refractivity contribution < 1.29 is 17.9 Å². The molecule has 2 aromatic heterocycles. The SMILES string of the molecule is Cc1cc(OCCCc2c(C(=O)NS(=O)(=O)c3ccc(Cl)nc3)[nH]c3ccccc23)cc(C)c1Cl. The van der Waals surface area contributed by atoms with Crippen LogP contribution in [0.25, 0.3) is 10.9 Å². The van der Waals surface area contributed by atoms with Crippen molar-refractivity contribution in [3.63, 3.8) is 0 Å². The van der Waals surface area contributed by atoms with Crippen molar-refractivity contribution in [2.45, 2.75) is 31.6 Å². The third kappa shape index (κ3) is 5.61. The summed E-state index contributed by atoms with van der Waals surface area (Å²) < 4.78 is 33.4. The summed E-state index contributed by atoms with van der Waals surface area (Å²) in [6.07, 6.45) is 2.21. The quantitative estimate of drug-likeness (QED) is 0.227. The normalized spacial score (nSPS) is 11.5. The minimum atomic E-state index is -4.13. The Bertz CT molecular complexity index is 1480. The molecule has 0 spiro atoms. The first-order valence-electron chi connectivity index (χ1n) is 10.8. The molecule has 4 aromatic rings. The Labute approximate surface area is 213 Å². The van der Waals surface area contributed by atoms with Crippen molar-refractivity contribution in [3.8, 4) is 5.75 Å². The van der Waals surface area contributed by atoms with E-state index in [1.54, 1.807) is 0 Å².